The summed E-state index contributed by atoms with van der Waals surface area (Å²) in [5.41, 5.74) is 9.69. The van der Waals surface area contributed by atoms with Gasteiger partial charge in [-0.25, -0.2) is 4.98 Å². The highest BCUT2D eigenvalue weighted by atomic mass is 15.2. The summed E-state index contributed by atoms with van der Waals surface area (Å²) in [4.78, 5) is 15.6. The van der Waals surface area contributed by atoms with E-state index in [-0.39, 0.29) is 0 Å². The number of hydrogen-bond acceptors (Lipinski definition) is 6. The molecule has 2 aromatic heterocycles. The van der Waals surface area contributed by atoms with Gasteiger partial charge in [0, 0.05) is 31.5 Å². The maximum atomic E-state index is 6.16. The topological polar surface area (TPSA) is 84.9 Å². The van der Waals surface area contributed by atoms with Crippen molar-refractivity contribution in [1.29, 1.82) is 0 Å². The molecule has 7 nitrogen and oxygen atoms in total. The van der Waals surface area contributed by atoms with Gasteiger partial charge in [0.1, 0.15) is 5.52 Å². The van der Waals surface area contributed by atoms with E-state index in [4.69, 9.17) is 10.7 Å². The molecular weight excluding hydrogens is 326 g/mol. The van der Waals surface area contributed by atoms with Crippen LogP contribution in [-0.2, 0) is 0 Å². The normalized spacial score (nSPS) is 15.3. The lowest BCUT2D eigenvalue weighted by Crippen LogP contribution is -2.13. The third kappa shape index (κ3) is 3.16. The van der Waals surface area contributed by atoms with Crippen molar-refractivity contribution in [2.75, 3.05) is 30.0 Å². The molecule has 0 aliphatic heterocycles. The van der Waals surface area contributed by atoms with Gasteiger partial charge in [-0.1, -0.05) is 25.3 Å². The van der Waals surface area contributed by atoms with Gasteiger partial charge in [-0.3, -0.25) is 0 Å². The molecule has 1 saturated carbocycles. The molecule has 4 rings (SSSR count). The van der Waals surface area contributed by atoms with Crippen molar-refractivity contribution in [3.8, 4) is 0 Å². The summed E-state index contributed by atoms with van der Waals surface area (Å²) in [6.45, 7) is 0. The molecule has 2 heterocycles. The number of imidazole rings is 1. The molecule has 7 heteroatoms. The van der Waals surface area contributed by atoms with Crippen LogP contribution in [0.3, 0.4) is 0 Å². The molecule has 0 atom stereocenters. The largest absolute Gasteiger partial charge is 0.382 e. The maximum absolute atomic E-state index is 6.16. The number of nitrogens with zero attached hydrogens (tertiary/aromatic N) is 5. The third-order valence-electron chi connectivity index (χ3n) is 5.04. The van der Waals surface area contributed by atoms with Gasteiger partial charge in [-0.05, 0) is 31.0 Å². The van der Waals surface area contributed by atoms with Gasteiger partial charge < -0.3 is 20.5 Å². The monoisotopic (exact) mass is 351 g/mol. The standard InChI is InChI=1S/C19H25N7/c1-25(2)15-10-6-7-13(11-15)22-19-23-17(20)16-18(24-19)26(12-21-16)14-8-4-3-5-9-14/h6-7,10-12,14H,3-5,8-9H2,1-2H3,(H3,20,22,23,24). The zero-order chi connectivity index (χ0) is 18.1. The molecule has 3 aromatic rings. The van der Waals surface area contributed by atoms with E-state index in [1.54, 1.807) is 0 Å². The lowest BCUT2D eigenvalue weighted by molar-refractivity contribution is 0.358. The minimum Gasteiger partial charge on any atom is -0.382 e. The van der Waals surface area contributed by atoms with Gasteiger partial charge >= 0.3 is 0 Å². The Hall–Kier alpha value is -2.83. The van der Waals surface area contributed by atoms with Crippen LogP contribution < -0.4 is 16.0 Å². The Morgan fingerprint density at radius 2 is 1.96 bits per heavy atom. The number of aromatic nitrogens is 4. The Morgan fingerprint density at radius 3 is 2.73 bits per heavy atom. The van der Waals surface area contributed by atoms with Crippen molar-refractivity contribution in [3.05, 3.63) is 30.6 Å². The lowest BCUT2D eigenvalue weighted by Gasteiger charge is -2.23. The highest BCUT2D eigenvalue weighted by Crippen LogP contribution is 2.31. The predicted molar refractivity (Wildman–Crippen MR) is 106 cm³/mol. The molecule has 0 radical (unpaired) electrons. The van der Waals surface area contributed by atoms with Crippen LogP contribution >= 0.6 is 0 Å². The molecule has 3 N–H and O–H groups in total. The van der Waals surface area contributed by atoms with Gasteiger partial charge in [-0.2, -0.15) is 9.97 Å². The first-order valence-electron chi connectivity index (χ1n) is 9.16. The quantitative estimate of drug-likeness (QED) is 0.745. The summed E-state index contributed by atoms with van der Waals surface area (Å²) >= 11 is 0. The van der Waals surface area contributed by atoms with E-state index in [0.29, 0.717) is 23.3 Å². The smallest absolute Gasteiger partial charge is 0.231 e. The molecule has 0 unspecified atom stereocenters. The number of rotatable bonds is 4. The Bertz CT molecular complexity index is 909. The van der Waals surface area contributed by atoms with E-state index in [1.165, 1.54) is 32.1 Å². The minimum absolute atomic E-state index is 0.413. The fourth-order valence-corrected chi connectivity index (χ4v) is 3.61. The van der Waals surface area contributed by atoms with E-state index >= 15 is 0 Å². The number of hydrogen-bond donors (Lipinski definition) is 2. The van der Waals surface area contributed by atoms with Gasteiger partial charge in [0.25, 0.3) is 0 Å². The van der Waals surface area contributed by atoms with Crippen LogP contribution in [0.1, 0.15) is 38.1 Å². The van der Waals surface area contributed by atoms with Crippen molar-refractivity contribution in [1.82, 2.24) is 19.5 Å². The van der Waals surface area contributed by atoms with Crippen molar-refractivity contribution >= 4 is 34.3 Å². The fraction of sp³-hybridized carbons (Fsp3) is 0.421. The van der Waals surface area contributed by atoms with Gasteiger partial charge in [0.15, 0.2) is 11.5 Å². The maximum Gasteiger partial charge on any atom is 0.231 e. The summed E-state index contributed by atoms with van der Waals surface area (Å²) in [5.74, 6) is 0.916. The fourth-order valence-electron chi connectivity index (χ4n) is 3.61. The van der Waals surface area contributed by atoms with Crippen LogP contribution in [0.25, 0.3) is 11.2 Å². The van der Waals surface area contributed by atoms with Crippen LogP contribution in [0.4, 0.5) is 23.1 Å². The van der Waals surface area contributed by atoms with E-state index in [0.717, 1.165) is 17.0 Å². The third-order valence-corrected chi connectivity index (χ3v) is 5.04. The van der Waals surface area contributed by atoms with Crippen LogP contribution in [0.2, 0.25) is 0 Å². The number of fused-ring (bicyclic) bond motifs is 1. The number of nitrogen functional groups attached to an aromatic ring is 1. The minimum atomic E-state index is 0.413. The van der Waals surface area contributed by atoms with Crippen molar-refractivity contribution in [2.24, 2.45) is 0 Å². The highest BCUT2D eigenvalue weighted by molar-refractivity contribution is 5.83. The summed E-state index contributed by atoms with van der Waals surface area (Å²) in [5, 5.41) is 3.28. The van der Waals surface area contributed by atoms with Crippen LogP contribution in [-0.4, -0.2) is 33.6 Å². The number of nitrogens with two attached hydrogens (primary N) is 1. The van der Waals surface area contributed by atoms with Gasteiger partial charge in [0.05, 0.1) is 6.33 Å². The van der Waals surface area contributed by atoms with Crippen molar-refractivity contribution in [2.45, 2.75) is 38.1 Å². The molecule has 1 fully saturated rings. The van der Waals surface area contributed by atoms with E-state index in [9.17, 15) is 0 Å². The second kappa shape index (κ2) is 6.82. The molecule has 136 valence electrons. The second-order valence-corrected chi connectivity index (χ2v) is 7.12. The van der Waals surface area contributed by atoms with Crippen LogP contribution in [0, 0.1) is 0 Å². The molecule has 26 heavy (non-hydrogen) atoms. The summed E-state index contributed by atoms with van der Waals surface area (Å²) in [6.07, 6.45) is 8.03. The first-order chi connectivity index (χ1) is 12.6. The molecule has 0 spiro atoms. The van der Waals surface area contributed by atoms with Crippen molar-refractivity contribution < 1.29 is 0 Å². The molecule has 1 aromatic carbocycles. The van der Waals surface area contributed by atoms with E-state index in [1.807, 2.05) is 32.6 Å². The Morgan fingerprint density at radius 1 is 1.15 bits per heavy atom. The van der Waals surface area contributed by atoms with Gasteiger partial charge in [0.2, 0.25) is 5.95 Å². The average Bonchev–Trinajstić information content (AvgIpc) is 3.07. The van der Waals surface area contributed by atoms with Crippen molar-refractivity contribution in [3.63, 3.8) is 0 Å². The van der Waals surface area contributed by atoms with Crippen LogP contribution in [0.5, 0.6) is 0 Å². The summed E-state index contributed by atoms with van der Waals surface area (Å²) in [7, 11) is 4.03. The molecule has 0 amide bonds. The molecular formula is C19H25N7. The Balaban J connectivity index is 1.68. The Labute approximate surface area is 153 Å². The first-order valence-corrected chi connectivity index (χ1v) is 9.16. The summed E-state index contributed by atoms with van der Waals surface area (Å²) in [6, 6.07) is 8.57. The highest BCUT2D eigenvalue weighted by Gasteiger charge is 2.20. The average molecular weight is 351 g/mol. The Kier molecular flexibility index (Phi) is 4.36. The molecule has 0 saturated heterocycles. The molecule has 0 bridgehead atoms. The SMILES string of the molecule is CN(C)c1cccc(Nc2nc(N)c3ncn(C4CCCCC4)c3n2)c1. The predicted octanol–water partition coefficient (Wildman–Crippen LogP) is 3.72. The van der Waals surface area contributed by atoms with Gasteiger partial charge in [-0.15, -0.1) is 0 Å². The first kappa shape index (κ1) is 16.6. The van der Waals surface area contributed by atoms with E-state index in [2.05, 4.69) is 36.9 Å². The lowest BCUT2D eigenvalue weighted by atomic mass is 9.95. The van der Waals surface area contributed by atoms with Crippen LogP contribution in [0.15, 0.2) is 30.6 Å². The second-order valence-electron chi connectivity index (χ2n) is 7.12. The van der Waals surface area contributed by atoms with E-state index < -0.39 is 0 Å². The number of benzene rings is 1. The number of anilines is 4. The number of nitrogens with one attached hydrogen (secondary N) is 1. The molecule has 1 aliphatic rings. The molecule has 1 aliphatic carbocycles. The zero-order valence-electron chi connectivity index (χ0n) is 15.3. The summed E-state index contributed by atoms with van der Waals surface area (Å²) < 4.78 is 2.17. The zero-order valence-corrected chi connectivity index (χ0v) is 15.3.